The Balaban J connectivity index is 2.44. The van der Waals surface area contributed by atoms with Crippen LogP contribution >= 0.6 is 0 Å². The van der Waals surface area contributed by atoms with Crippen molar-refractivity contribution in [2.24, 2.45) is 11.8 Å². The maximum atomic E-state index is 6.56. The molecule has 1 fully saturated rings. The van der Waals surface area contributed by atoms with Crippen molar-refractivity contribution in [3.8, 4) is 0 Å². The summed E-state index contributed by atoms with van der Waals surface area (Å²) in [5.74, 6) is 1.84. The van der Waals surface area contributed by atoms with Crippen LogP contribution in [0.3, 0.4) is 0 Å². The van der Waals surface area contributed by atoms with Crippen LogP contribution in [0.25, 0.3) is 0 Å². The van der Waals surface area contributed by atoms with Gasteiger partial charge >= 0.3 is 0 Å². The van der Waals surface area contributed by atoms with E-state index in [9.17, 15) is 0 Å². The molecule has 0 aromatic carbocycles. The number of rotatable bonds is 8. The standard InChI is InChI=1S/C18H44O2Si4/c1-21(2,3)19-23(7,8)15-17-11-13-18(14-12-17)16-24(9,10)20-22(4,5)6/h17-18H,11-16H2,1-10H3. The molecule has 0 radical (unpaired) electrons. The molecule has 1 rings (SSSR count). The lowest BCUT2D eigenvalue weighted by molar-refractivity contribution is 0.294. The highest BCUT2D eigenvalue weighted by Crippen LogP contribution is 2.38. The van der Waals surface area contributed by atoms with Gasteiger partial charge in [-0.2, -0.15) is 0 Å². The van der Waals surface area contributed by atoms with Gasteiger partial charge in [-0.1, -0.05) is 25.7 Å². The molecule has 1 aliphatic rings. The van der Waals surface area contributed by atoms with Crippen molar-refractivity contribution in [2.75, 3.05) is 0 Å². The lowest BCUT2D eigenvalue weighted by Crippen LogP contribution is -2.44. The summed E-state index contributed by atoms with van der Waals surface area (Å²) in [7, 11) is -5.73. The Kier molecular flexibility index (Phi) is 7.81. The van der Waals surface area contributed by atoms with Gasteiger partial charge in [0.2, 0.25) is 0 Å². The van der Waals surface area contributed by atoms with Crippen molar-refractivity contribution in [3.63, 3.8) is 0 Å². The van der Waals surface area contributed by atoms with E-state index in [-0.39, 0.29) is 0 Å². The fourth-order valence-corrected chi connectivity index (χ4v) is 22.3. The largest absolute Gasteiger partial charge is 0.456 e. The highest BCUT2D eigenvalue weighted by Gasteiger charge is 2.36. The van der Waals surface area contributed by atoms with E-state index in [1.165, 1.54) is 37.8 Å². The van der Waals surface area contributed by atoms with Gasteiger partial charge in [-0.05, 0) is 89.4 Å². The third kappa shape index (κ3) is 10.1. The van der Waals surface area contributed by atoms with Crippen LogP contribution in [0, 0.1) is 11.8 Å². The van der Waals surface area contributed by atoms with Gasteiger partial charge in [0.1, 0.15) is 0 Å². The molecule has 24 heavy (non-hydrogen) atoms. The molecule has 0 aliphatic heterocycles. The molecule has 0 saturated heterocycles. The van der Waals surface area contributed by atoms with Crippen molar-refractivity contribution >= 4 is 33.3 Å². The van der Waals surface area contributed by atoms with Crippen LogP contribution in [0.4, 0.5) is 0 Å². The Bertz CT molecular complexity index is 351. The average Bonchev–Trinajstić information content (AvgIpc) is 2.24. The average molecular weight is 405 g/mol. The van der Waals surface area contributed by atoms with Gasteiger partial charge in [0, 0.05) is 0 Å². The van der Waals surface area contributed by atoms with Crippen LogP contribution in [0.5, 0.6) is 0 Å². The van der Waals surface area contributed by atoms with Crippen LogP contribution in [0.2, 0.25) is 77.6 Å². The molecule has 0 atom stereocenters. The SMILES string of the molecule is C[Si](C)(C)O[Si](C)(C)CC1CCC(C[Si](C)(C)O[Si](C)(C)C)CC1. The minimum absolute atomic E-state index is 0.918. The number of hydrogen-bond donors (Lipinski definition) is 0. The Hall–Kier alpha value is 0.788. The van der Waals surface area contributed by atoms with Crippen molar-refractivity contribution in [1.29, 1.82) is 0 Å². The van der Waals surface area contributed by atoms with Crippen LogP contribution < -0.4 is 0 Å². The first kappa shape index (κ1) is 22.8. The van der Waals surface area contributed by atoms with Crippen molar-refractivity contribution in [2.45, 2.75) is 103 Å². The number of hydrogen-bond acceptors (Lipinski definition) is 2. The Morgan fingerprint density at radius 1 is 0.542 bits per heavy atom. The molecule has 144 valence electrons. The molecule has 0 spiro atoms. The summed E-state index contributed by atoms with van der Waals surface area (Å²) in [5, 5.41) is 0. The lowest BCUT2D eigenvalue weighted by Gasteiger charge is -2.39. The molecule has 0 aromatic heterocycles. The van der Waals surface area contributed by atoms with Crippen molar-refractivity contribution in [3.05, 3.63) is 0 Å². The molecule has 6 heteroatoms. The second-order valence-corrected chi connectivity index (χ2v) is 29.2. The second kappa shape index (κ2) is 8.21. The molecular weight excluding hydrogens is 361 g/mol. The second-order valence-electron chi connectivity index (χ2n) is 11.2. The first-order chi connectivity index (χ1) is 10.6. The molecule has 0 N–H and O–H groups in total. The fraction of sp³-hybridized carbons (Fsp3) is 1.00. The molecule has 0 aromatic rings. The van der Waals surface area contributed by atoms with Crippen molar-refractivity contribution < 1.29 is 8.23 Å². The zero-order chi connectivity index (χ0) is 18.8. The summed E-state index contributed by atoms with van der Waals surface area (Å²) in [5.41, 5.74) is 0. The molecule has 1 saturated carbocycles. The van der Waals surface area contributed by atoms with Gasteiger partial charge in [0.15, 0.2) is 33.3 Å². The third-order valence-corrected chi connectivity index (χ3v) is 17.1. The quantitative estimate of drug-likeness (QED) is 0.409. The zero-order valence-corrected chi connectivity index (χ0v) is 22.2. The highest BCUT2D eigenvalue weighted by atomic mass is 28.4. The topological polar surface area (TPSA) is 18.5 Å². The predicted molar refractivity (Wildman–Crippen MR) is 119 cm³/mol. The van der Waals surface area contributed by atoms with E-state index in [4.69, 9.17) is 8.23 Å². The van der Waals surface area contributed by atoms with E-state index in [1.54, 1.807) is 0 Å². The van der Waals surface area contributed by atoms with Crippen LogP contribution in [0.1, 0.15) is 25.7 Å². The Morgan fingerprint density at radius 2 is 0.792 bits per heavy atom. The molecule has 0 heterocycles. The minimum atomic E-state index is -1.48. The van der Waals surface area contributed by atoms with Crippen LogP contribution in [0.15, 0.2) is 0 Å². The maximum Gasteiger partial charge on any atom is 0.173 e. The van der Waals surface area contributed by atoms with Gasteiger partial charge in [0.25, 0.3) is 0 Å². The summed E-state index contributed by atoms with van der Waals surface area (Å²) in [6.07, 6.45) is 5.70. The normalized spacial score (nSPS) is 24.2. The van der Waals surface area contributed by atoms with Crippen LogP contribution in [-0.2, 0) is 8.23 Å². The van der Waals surface area contributed by atoms with Gasteiger partial charge in [0.05, 0.1) is 0 Å². The predicted octanol–water partition coefficient (Wildman–Crippen LogP) is 6.91. The first-order valence-electron chi connectivity index (χ1n) is 9.97. The smallest absolute Gasteiger partial charge is 0.173 e. The monoisotopic (exact) mass is 404 g/mol. The summed E-state index contributed by atoms with van der Waals surface area (Å²) in [4.78, 5) is 0. The van der Waals surface area contributed by atoms with Gasteiger partial charge in [-0.25, -0.2) is 0 Å². The summed E-state index contributed by atoms with van der Waals surface area (Å²) < 4.78 is 13.1. The van der Waals surface area contributed by atoms with Gasteiger partial charge in [-0.15, -0.1) is 0 Å². The van der Waals surface area contributed by atoms with E-state index in [0.717, 1.165) is 11.8 Å². The summed E-state index contributed by atoms with van der Waals surface area (Å²) >= 11 is 0. The fourth-order valence-electron chi connectivity index (χ4n) is 4.77. The van der Waals surface area contributed by atoms with Crippen LogP contribution in [-0.4, -0.2) is 33.3 Å². The molecule has 0 amide bonds. The molecule has 0 bridgehead atoms. The Labute approximate surface area is 156 Å². The molecule has 0 unspecified atom stereocenters. The van der Waals surface area contributed by atoms with Gasteiger partial charge < -0.3 is 8.23 Å². The van der Waals surface area contributed by atoms with Gasteiger partial charge in [-0.3, -0.25) is 0 Å². The first-order valence-corrected chi connectivity index (χ1v) is 23.0. The highest BCUT2D eigenvalue weighted by molar-refractivity contribution is 6.84. The summed E-state index contributed by atoms with van der Waals surface area (Å²) in [6.45, 7) is 23.8. The molecule has 2 nitrogen and oxygen atoms in total. The Morgan fingerprint density at radius 3 is 1.00 bits per heavy atom. The van der Waals surface area contributed by atoms with E-state index in [2.05, 4.69) is 65.5 Å². The van der Waals surface area contributed by atoms with E-state index >= 15 is 0 Å². The third-order valence-electron chi connectivity index (χ3n) is 4.69. The lowest BCUT2D eigenvalue weighted by atomic mass is 9.84. The zero-order valence-electron chi connectivity index (χ0n) is 18.2. The maximum absolute atomic E-state index is 6.56. The van der Waals surface area contributed by atoms with Crippen molar-refractivity contribution in [1.82, 2.24) is 0 Å². The van der Waals surface area contributed by atoms with E-state index < -0.39 is 33.3 Å². The minimum Gasteiger partial charge on any atom is -0.456 e. The molecular formula is C18H44O2Si4. The summed E-state index contributed by atoms with van der Waals surface area (Å²) in [6, 6.07) is 2.74. The van der Waals surface area contributed by atoms with E-state index in [1.807, 2.05) is 0 Å². The molecule has 1 aliphatic carbocycles. The van der Waals surface area contributed by atoms with E-state index in [0.29, 0.717) is 0 Å².